The second kappa shape index (κ2) is 8.29. The van der Waals surface area contributed by atoms with E-state index >= 15 is 0 Å². The Kier molecular flexibility index (Phi) is 5.85. The number of nitrogen functional groups attached to an aromatic ring is 1. The predicted octanol–water partition coefficient (Wildman–Crippen LogP) is 2.47. The van der Waals surface area contributed by atoms with Gasteiger partial charge in [-0.3, -0.25) is 9.78 Å². The average Bonchev–Trinajstić information content (AvgIpc) is 2.82. The molecule has 1 amide bonds. The van der Waals surface area contributed by atoms with Crippen LogP contribution in [0.4, 0.5) is 5.82 Å². The highest BCUT2D eigenvalue weighted by molar-refractivity contribution is 5.76. The van der Waals surface area contributed by atoms with Gasteiger partial charge in [0.25, 0.3) is 0 Å². The van der Waals surface area contributed by atoms with E-state index in [2.05, 4.69) is 15.1 Å². The molecule has 2 aromatic heterocycles. The standard InChI is InChI=1S/C19H27N5O2/c1-13-17(14(2)26-23-13)5-6-19(25)24-8-3-4-15(7-9-24)10-16-11-22-18(20)12-21-16/h11-12,15H,3-10H2,1-2H3,(H2,20,22)/t15-/m1/s1. The van der Waals surface area contributed by atoms with Crippen molar-refractivity contribution in [3.05, 3.63) is 35.1 Å². The summed E-state index contributed by atoms with van der Waals surface area (Å²) in [6, 6.07) is 0. The molecule has 140 valence electrons. The minimum Gasteiger partial charge on any atom is -0.382 e. The molecule has 1 atom stereocenters. The predicted molar refractivity (Wildman–Crippen MR) is 98.4 cm³/mol. The van der Waals surface area contributed by atoms with Crippen LogP contribution in [0.1, 0.15) is 48.4 Å². The number of aromatic nitrogens is 3. The van der Waals surface area contributed by atoms with E-state index in [1.807, 2.05) is 18.7 Å². The molecule has 1 aliphatic rings. The molecule has 0 saturated carbocycles. The SMILES string of the molecule is Cc1noc(C)c1CCC(=O)N1CCC[C@@H](Cc2cnc(N)cn2)CC1. The van der Waals surface area contributed by atoms with E-state index in [0.717, 1.165) is 61.5 Å². The second-order valence-electron chi connectivity index (χ2n) is 7.12. The summed E-state index contributed by atoms with van der Waals surface area (Å²) in [4.78, 5) is 23.1. The quantitative estimate of drug-likeness (QED) is 0.883. The molecule has 2 aromatic rings. The van der Waals surface area contributed by atoms with Crippen LogP contribution in [0.25, 0.3) is 0 Å². The molecule has 0 radical (unpaired) electrons. The molecule has 1 saturated heterocycles. The van der Waals surface area contributed by atoms with Crippen molar-refractivity contribution in [2.24, 2.45) is 5.92 Å². The lowest BCUT2D eigenvalue weighted by Gasteiger charge is -2.20. The van der Waals surface area contributed by atoms with Gasteiger partial charge in [-0.05, 0) is 51.9 Å². The highest BCUT2D eigenvalue weighted by Gasteiger charge is 2.22. The first-order valence-electron chi connectivity index (χ1n) is 9.29. The van der Waals surface area contributed by atoms with Crippen LogP contribution in [-0.4, -0.2) is 39.0 Å². The number of amides is 1. The number of likely N-dealkylation sites (tertiary alicyclic amines) is 1. The first kappa shape index (κ1) is 18.4. The molecule has 3 rings (SSSR count). The Morgan fingerprint density at radius 2 is 2.12 bits per heavy atom. The van der Waals surface area contributed by atoms with E-state index in [-0.39, 0.29) is 5.91 Å². The van der Waals surface area contributed by atoms with Gasteiger partial charge in [0.2, 0.25) is 5.91 Å². The molecule has 1 fully saturated rings. The molecule has 0 aliphatic carbocycles. The van der Waals surface area contributed by atoms with E-state index in [1.54, 1.807) is 12.4 Å². The molecule has 0 bridgehead atoms. The van der Waals surface area contributed by atoms with Crippen LogP contribution in [0, 0.1) is 19.8 Å². The van der Waals surface area contributed by atoms with Crippen molar-refractivity contribution < 1.29 is 9.32 Å². The van der Waals surface area contributed by atoms with Gasteiger partial charge < -0.3 is 15.2 Å². The highest BCUT2D eigenvalue weighted by atomic mass is 16.5. The molecule has 7 nitrogen and oxygen atoms in total. The number of carbonyl (C=O) groups excluding carboxylic acids is 1. The summed E-state index contributed by atoms with van der Waals surface area (Å²) in [5.41, 5.74) is 8.51. The van der Waals surface area contributed by atoms with Crippen LogP contribution < -0.4 is 5.73 Å². The summed E-state index contributed by atoms with van der Waals surface area (Å²) in [5.74, 6) is 2.02. The number of rotatable bonds is 5. The van der Waals surface area contributed by atoms with Crippen LogP contribution in [0.15, 0.2) is 16.9 Å². The number of hydrogen-bond acceptors (Lipinski definition) is 6. The Morgan fingerprint density at radius 1 is 1.27 bits per heavy atom. The monoisotopic (exact) mass is 357 g/mol. The van der Waals surface area contributed by atoms with Crippen LogP contribution >= 0.6 is 0 Å². The third kappa shape index (κ3) is 4.59. The Labute approximate surface area is 154 Å². The van der Waals surface area contributed by atoms with E-state index in [4.69, 9.17) is 10.3 Å². The van der Waals surface area contributed by atoms with Gasteiger partial charge in [0, 0.05) is 25.1 Å². The summed E-state index contributed by atoms with van der Waals surface area (Å²) in [6.45, 7) is 5.47. The lowest BCUT2D eigenvalue weighted by Crippen LogP contribution is -2.32. The minimum absolute atomic E-state index is 0.220. The lowest BCUT2D eigenvalue weighted by atomic mass is 9.95. The fourth-order valence-electron chi connectivity index (χ4n) is 3.63. The van der Waals surface area contributed by atoms with Gasteiger partial charge in [0.05, 0.1) is 23.8 Å². The van der Waals surface area contributed by atoms with Gasteiger partial charge in [-0.2, -0.15) is 0 Å². The molecular formula is C19H27N5O2. The van der Waals surface area contributed by atoms with Crippen molar-refractivity contribution >= 4 is 11.7 Å². The van der Waals surface area contributed by atoms with E-state index in [1.165, 1.54) is 0 Å². The normalized spacial score (nSPS) is 17.9. The van der Waals surface area contributed by atoms with Gasteiger partial charge in [0.15, 0.2) is 0 Å². The summed E-state index contributed by atoms with van der Waals surface area (Å²) < 4.78 is 5.18. The van der Waals surface area contributed by atoms with Crippen molar-refractivity contribution in [1.29, 1.82) is 0 Å². The number of nitrogens with two attached hydrogens (primary N) is 1. The van der Waals surface area contributed by atoms with Gasteiger partial charge in [-0.1, -0.05) is 5.16 Å². The Morgan fingerprint density at radius 3 is 2.81 bits per heavy atom. The maximum absolute atomic E-state index is 12.6. The van der Waals surface area contributed by atoms with Crippen molar-refractivity contribution in [3.63, 3.8) is 0 Å². The molecule has 0 spiro atoms. The van der Waals surface area contributed by atoms with Crippen molar-refractivity contribution in [2.45, 2.75) is 52.4 Å². The molecule has 2 N–H and O–H groups in total. The van der Waals surface area contributed by atoms with Gasteiger partial charge in [0.1, 0.15) is 11.6 Å². The van der Waals surface area contributed by atoms with Crippen LogP contribution in [0.5, 0.6) is 0 Å². The minimum atomic E-state index is 0.220. The average molecular weight is 357 g/mol. The first-order chi connectivity index (χ1) is 12.5. The van der Waals surface area contributed by atoms with E-state index < -0.39 is 0 Å². The third-order valence-corrected chi connectivity index (χ3v) is 5.19. The summed E-state index contributed by atoms with van der Waals surface area (Å²) >= 11 is 0. The van der Waals surface area contributed by atoms with Gasteiger partial charge >= 0.3 is 0 Å². The van der Waals surface area contributed by atoms with Crippen LogP contribution in [0.2, 0.25) is 0 Å². The summed E-state index contributed by atoms with van der Waals surface area (Å²) in [7, 11) is 0. The zero-order valence-corrected chi connectivity index (χ0v) is 15.6. The molecule has 7 heteroatoms. The number of aryl methyl sites for hydroxylation is 2. The van der Waals surface area contributed by atoms with Crippen LogP contribution in [0.3, 0.4) is 0 Å². The zero-order chi connectivity index (χ0) is 18.5. The fraction of sp³-hybridized carbons (Fsp3) is 0.579. The number of anilines is 1. The molecule has 26 heavy (non-hydrogen) atoms. The molecular weight excluding hydrogens is 330 g/mol. The Bertz CT molecular complexity index is 721. The molecule has 0 aromatic carbocycles. The Balaban J connectivity index is 1.49. The summed E-state index contributed by atoms with van der Waals surface area (Å²) in [6.07, 6.45) is 8.61. The Hall–Kier alpha value is -2.44. The second-order valence-corrected chi connectivity index (χ2v) is 7.12. The third-order valence-electron chi connectivity index (χ3n) is 5.19. The molecule has 0 unspecified atom stereocenters. The summed E-state index contributed by atoms with van der Waals surface area (Å²) in [5, 5.41) is 3.96. The number of nitrogens with zero attached hydrogens (tertiary/aromatic N) is 4. The molecule has 1 aliphatic heterocycles. The number of carbonyl (C=O) groups is 1. The van der Waals surface area contributed by atoms with Crippen molar-refractivity contribution in [2.75, 3.05) is 18.8 Å². The first-order valence-corrected chi connectivity index (χ1v) is 9.29. The van der Waals surface area contributed by atoms with Crippen molar-refractivity contribution in [1.82, 2.24) is 20.0 Å². The van der Waals surface area contributed by atoms with Gasteiger partial charge in [-0.15, -0.1) is 0 Å². The van der Waals surface area contributed by atoms with E-state index in [9.17, 15) is 4.79 Å². The zero-order valence-electron chi connectivity index (χ0n) is 15.6. The highest BCUT2D eigenvalue weighted by Crippen LogP contribution is 2.22. The van der Waals surface area contributed by atoms with Crippen molar-refractivity contribution in [3.8, 4) is 0 Å². The number of hydrogen-bond donors (Lipinski definition) is 1. The fourth-order valence-corrected chi connectivity index (χ4v) is 3.63. The van der Waals surface area contributed by atoms with Crippen LogP contribution in [-0.2, 0) is 17.6 Å². The lowest BCUT2D eigenvalue weighted by molar-refractivity contribution is -0.131. The maximum Gasteiger partial charge on any atom is 0.222 e. The van der Waals surface area contributed by atoms with E-state index in [0.29, 0.717) is 24.6 Å². The van der Waals surface area contributed by atoms with Gasteiger partial charge in [-0.25, -0.2) is 4.98 Å². The maximum atomic E-state index is 12.6. The largest absolute Gasteiger partial charge is 0.382 e. The topological polar surface area (TPSA) is 98.1 Å². The molecule has 3 heterocycles. The smallest absolute Gasteiger partial charge is 0.222 e.